The number of quaternary nitrogens is 1. The molecule has 1 aliphatic heterocycles. The fraction of sp³-hybridized carbons (Fsp3) is 0.562. The molecule has 1 heterocycles. The molecule has 1 aromatic carbocycles. The molecular weight excluding hydrogens is 268 g/mol. The first-order valence-electron chi connectivity index (χ1n) is 7.48. The highest BCUT2D eigenvalue weighted by Gasteiger charge is 2.29. The van der Waals surface area contributed by atoms with E-state index in [1.54, 1.807) is 14.2 Å². The molecular formula is C16H25N2O3+. The third-order valence-electron chi connectivity index (χ3n) is 4.11. The summed E-state index contributed by atoms with van der Waals surface area (Å²) in [4.78, 5) is 14.3. The SMILES string of the molecule is CC[NH2+]CC(=O)N1CCc2cc(OC)c(OC)cc2[C@H]1C. The monoisotopic (exact) mass is 293 g/mol. The van der Waals surface area contributed by atoms with E-state index in [-0.39, 0.29) is 11.9 Å². The van der Waals surface area contributed by atoms with Crippen molar-refractivity contribution in [3.63, 3.8) is 0 Å². The summed E-state index contributed by atoms with van der Waals surface area (Å²) < 4.78 is 10.7. The Morgan fingerprint density at radius 2 is 2.00 bits per heavy atom. The van der Waals surface area contributed by atoms with Crippen molar-refractivity contribution < 1.29 is 19.6 Å². The molecule has 0 saturated heterocycles. The lowest BCUT2D eigenvalue weighted by molar-refractivity contribution is -0.641. The van der Waals surface area contributed by atoms with Gasteiger partial charge in [0.2, 0.25) is 0 Å². The topological polar surface area (TPSA) is 55.4 Å². The number of fused-ring (bicyclic) bond motifs is 1. The van der Waals surface area contributed by atoms with E-state index in [2.05, 4.69) is 13.8 Å². The van der Waals surface area contributed by atoms with E-state index in [4.69, 9.17) is 9.47 Å². The lowest BCUT2D eigenvalue weighted by Crippen LogP contribution is -2.86. The average molecular weight is 293 g/mol. The Balaban J connectivity index is 2.26. The Kier molecular flexibility index (Phi) is 5.07. The van der Waals surface area contributed by atoms with Crippen molar-refractivity contribution in [2.45, 2.75) is 26.3 Å². The number of benzene rings is 1. The van der Waals surface area contributed by atoms with E-state index in [1.807, 2.05) is 22.3 Å². The molecule has 0 aliphatic carbocycles. The van der Waals surface area contributed by atoms with Gasteiger partial charge in [0.1, 0.15) is 0 Å². The second kappa shape index (κ2) is 6.80. The summed E-state index contributed by atoms with van der Waals surface area (Å²) in [5, 5.41) is 2.03. The molecule has 1 amide bonds. The molecule has 2 rings (SSSR count). The predicted octanol–water partition coefficient (Wildman–Crippen LogP) is 0.733. The highest BCUT2D eigenvalue weighted by molar-refractivity contribution is 5.78. The predicted molar refractivity (Wildman–Crippen MR) is 80.7 cm³/mol. The number of hydrogen-bond donors (Lipinski definition) is 1. The van der Waals surface area contributed by atoms with Gasteiger partial charge in [0.05, 0.1) is 26.8 Å². The highest BCUT2D eigenvalue weighted by Crippen LogP contribution is 2.37. The van der Waals surface area contributed by atoms with Crippen LogP contribution >= 0.6 is 0 Å². The van der Waals surface area contributed by atoms with Crippen LogP contribution in [0.25, 0.3) is 0 Å². The van der Waals surface area contributed by atoms with Gasteiger partial charge in [0.25, 0.3) is 5.91 Å². The number of ether oxygens (including phenoxy) is 2. The van der Waals surface area contributed by atoms with Crippen LogP contribution in [0.15, 0.2) is 12.1 Å². The van der Waals surface area contributed by atoms with Crippen LogP contribution in [0.1, 0.15) is 31.0 Å². The molecule has 2 N–H and O–H groups in total. The van der Waals surface area contributed by atoms with E-state index in [1.165, 1.54) is 5.56 Å². The van der Waals surface area contributed by atoms with Gasteiger partial charge in [-0.15, -0.1) is 0 Å². The summed E-state index contributed by atoms with van der Waals surface area (Å²) in [5.74, 6) is 1.67. The van der Waals surface area contributed by atoms with Gasteiger partial charge in [-0.2, -0.15) is 0 Å². The molecule has 1 aromatic rings. The molecule has 0 radical (unpaired) electrons. The summed E-state index contributed by atoms with van der Waals surface area (Å²) in [7, 11) is 3.28. The van der Waals surface area contributed by atoms with Gasteiger partial charge in [-0.05, 0) is 43.5 Å². The Morgan fingerprint density at radius 1 is 1.33 bits per heavy atom. The third kappa shape index (κ3) is 3.13. The maximum atomic E-state index is 12.3. The fourth-order valence-electron chi connectivity index (χ4n) is 2.87. The first-order valence-corrected chi connectivity index (χ1v) is 7.48. The standard InChI is InChI=1S/C16H24N2O3/c1-5-17-10-16(19)18-7-6-12-8-14(20-3)15(21-4)9-13(12)11(18)2/h8-9,11,17H,5-7,10H2,1-4H3/p+1/t11-/m1/s1. The van der Waals surface area contributed by atoms with Gasteiger partial charge < -0.3 is 19.7 Å². The van der Waals surface area contributed by atoms with E-state index >= 15 is 0 Å². The molecule has 0 spiro atoms. The second-order valence-electron chi connectivity index (χ2n) is 5.32. The number of rotatable bonds is 5. The number of amides is 1. The van der Waals surface area contributed by atoms with Crippen LogP contribution in [0.2, 0.25) is 0 Å². The number of nitrogens with two attached hydrogens (primary N) is 1. The summed E-state index contributed by atoms with van der Waals surface area (Å²) in [6, 6.07) is 4.11. The highest BCUT2D eigenvalue weighted by atomic mass is 16.5. The maximum absolute atomic E-state index is 12.3. The maximum Gasteiger partial charge on any atom is 0.278 e. The smallest absolute Gasteiger partial charge is 0.278 e. The molecule has 0 saturated carbocycles. The van der Waals surface area contributed by atoms with Gasteiger partial charge in [-0.3, -0.25) is 4.79 Å². The summed E-state index contributed by atoms with van der Waals surface area (Å²) in [6.45, 7) is 6.34. The van der Waals surface area contributed by atoms with Crippen molar-refractivity contribution in [2.24, 2.45) is 0 Å². The zero-order valence-electron chi connectivity index (χ0n) is 13.3. The summed E-state index contributed by atoms with van der Waals surface area (Å²) in [6.07, 6.45) is 0.859. The van der Waals surface area contributed by atoms with Crippen molar-refractivity contribution in [1.29, 1.82) is 0 Å². The van der Waals surface area contributed by atoms with E-state index < -0.39 is 0 Å². The number of methoxy groups -OCH3 is 2. The number of nitrogens with zero attached hydrogens (tertiary/aromatic N) is 1. The van der Waals surface area contributed by atoms with Crippen LogP contribution in [0.5, 0.6) is 11.5 Å². The van der Waals surface area contributed by atoms with Crippen LogP contribution in [0, 0.1) is 0 Å². The average Bonchev–Trinajstić information content (AvgIpc) is 2.51. The molecule has 1 aliphatic rings. The number of carbonyl (C=O) groups is 1. The van der Waals surface area contributed by atoms with Gasteiger partial charge in [0.15, 0.2) is 18.0 Å². The zero-order chi connectivity index (χ0) is 15.4. The summed E-state index contributed by atoms with van der Waals surface area (Å²) in [5.41, 5.74) is 2.40. The van der Waals surface area contributed by atoms with Crippen molar-refractivity contribution in [1.82, 2.24) is 4.90 Å². The fourth-order valence-corrected chi connectivity index (χ4v) is 2.87. The first kappa shape index (κ1) is 15.6. The van der Waals surface area contributed by atoms with E-state index in [9.17, 15) is 4.79 Å². The van der Waals surface area contributed by atoms with Gasteiger partial charge in [-0.1, -0.05) is 0 Å². The molecule has 0 bridgehead atoms. The largest absolute Gasteiger partial charge is 0.493 e. The normalized spacial score (nSPS) is 17.3. The quantitative estimate of drug-likeness (QED) is 0.871. The molecule has 1 atom stereocenters. The molecule has 0 aromatic heterocycles. The lowest BCUT2D eigenvalue weighted by atomic mass is 9.92. The first-order chi connectivity index (χ1) is 10.1. The summed E-state index contributed by atoms with van der Waals surface area (Å²) >= 11 is 0. The zero-order valence-corrected chi connectivity index (χ0v) is 13.3. The van der Waals surface area contributed by atoms with E-state index in [0.717, 1.165) is 36.6 Å². The molecule has 5 heteroatoms. The molecule has 5 nitrogen and oxygen atoms in total. The third-order valence-corrected chi connectivity index (χ3v) is 4.11. The number of hydrogen-bond acceptors (Lipinski definition) is 3. The van der Waals surface area contributed by atoms with Crippen molar-refractivity contribution in [3.8, 4) is 11.5 Å². The van der Waals surface area contributed by atoms with Crippen LogP contribution in [-0.4, -0.2) is 44.7 Å². The van der Waals surface area contributed by atoms with E-state index in [0.29, 0.717) is 6.54 Å². The molecule has 0 fully saturated rings. The van der Waals surface area contributed by atoms with Crippen LogP contribution in [0.4, 0.5) is 0 Å². The minimum atomic E-state index is 0.0753. The number of likely N-dealkylation sites (N-methyl/N-ethyl adjacent to an activating group) is 1. The number of carbonyl (C=O) groups excluding carboxylic acids is 1. The minimum absolute atomic E-state index is 0.0753. The molecule has 21 heavy (non-hydrogen) atoms. The Hall–Kier alpha value is -1.75. The Morgan fingerprint density at radius 3 is 2.62 bits per heavy atom. The van der Waals surface area contributed by atoms with Crippen LogP contribution in [-0.2, 0) is 11.2 Å². The lowest BCUT2D eigenvalue weighted by Gasteiger charge is -2.35. The van der Waals surface area contributed by atoms with Crippen LogP contribution < -0.4 is 14.8 Å². The van der Waals surface area contributed by atoms with Crippen molar-refractivity contribution in [3.05, 3.63) is 23.3 Å². The molecule has 0 unspecified atom stereocenters. The molecule has 116 valence electrons. The van der Waals surface area contributed by atoms with Gasteiger partial charge in [0, 0.05) is 6.54 Å². The minimum Gasteiger partial charge on any atom is -0.493 e. The Bertz CT molecular complexity index is 516. The van der Waals surface area contributed by atoms with Gasteiger partial charge in [-0.25, -0.2) is 0 Å². The van der Waals surface area contributed by atoms with Crippen LogP contribution in [0.3, 0.4) is 0 Å². The Labute approximate surface area is 126 Å². The van der Waals surface area contributed by atoms with Gasteiger partial charge >= 0.3 is 0 Å². The second-order valence-corrected chi connectivity index (χ2v) is 5.32. The van der Waals surface area contributed by atoms with Crippen molar-refractivity contribution in [2.75, 3.05) is 33.9 Å². The van der Waals surface area contributed by atoms with Crippen molar-refractivity contribution >= 4 is 5.91 Å².